The number of carbonyl (C=O) groups is 1. The van der Waals surface area contributed by atoms with Gasteiger partial charge in [0.2, 0.25) is 0 Å². The molecule has 156 valence electrons. The van der Waals surface area contributed by atoms with Crippen LogP contribution in [0.25, 0.3) is 11.0 Å². The minimum atomic E-state index is -0.271. The third-order valence-corrected chi connectivity index (χ3v) is 5.99. The molecule has 0 saturated heterocycles. The lowest BCUT2D eigenvalue weighted by Gasteiger charge is -2.07. The van der Waals surface area contributed by atoms with Crippen molar-refractivity contribution in [2.75, 3.05) is 5.75 Å². The second kappa shape index (κ2) is 9.68. The van der Waals surface area contributed by atoms with Gasteiger partial charge in [0.25, 0.3) is 5.91 Å². The maximum Gasteiger partial charge on any atom is 0.317 e. The summed E-state index contributed by atoms with van der Waals surface area (Å²) in [5.41, 5.74) is 5.88. The summed E-state index contributed by atoms with van der Waals surface area (Å²) in [6.07, 6.45) is 1.35. The van der Waals surface area contributed by atoms with Crippen LogP contribution < -0.4 is 15.1 Å². The van der Waals surface area contributed by atoms with E-state index in [9.17, 15) is 9.90 Å². The molecule has 1 heterocycles. The first-order valence-corrected chi connectivity index (χ1v) is 10.9. The molecule has 0 spiro atoms. The lowest BCUT2D eigenvalue weighted by atomic mass is 10.2. The van der Waals surface area contributed by atoms with Crippen molar-refractivity contribution in [2.24, 2.45) is 5.10 Å². The van der Waals surface area contributed by atoms with Gasteiger partial charge in [-0.15, -0.1) is 0 Å². The Morgan fingerprint density at radius 2 is 1.84 bits per heavy atom. The number of aromatic amines is 1. The van der Waals surface area contributed by atoms with Crippen molar-refractivity contribution in [1.29, 1.82) is 0 Å². The fraction of sp³-hybridized carbons (Fsp3) is 0.0870. The Morgan fingerprint density at radius 1 is 1.10 bits per heavy atom. The number of thioether (sulfide) groups is 1. The summed E-state index contributed by atoms with van der Waals surface area (Å²) in [7, 11) is 0. The normalized spacial score (nSPS) is 11.3. The average molecular weight is 451 g/mol. The molecular weight excluding hydrogens is 432 g/mol. The number of amides is 1. The van der Waals surface area contributed by atoms with Crippen LogP contribution in [0, 0.1) is 0 Å². The van der Waals surface area contributed by atoms with E-state index < -0.39 is 0 Å². The fourth-order valence-corrected chi connectivity index (χ4v) is 4.13. The summed E-state index contributed by atoms with van der Waals surface area (Å²) in [4.78, 5) is 15.6. The molecule has 1 amide bonds. The lowest BCUT2D eigenvalue weighted by molar-refractivity contribution is -0.700. The zero-order valence-electron chi connectivity index (χ0n) is 16.4. The van der Waals surface area contributed by atoms with Gasteiger partial charge in [0, 0.05) is 10.6 Å². The van der Waals surface area contributed by atoms with Crippen LogP contribution in [-0.2, 0) is 11.3 Å². The Labute approximate surface area is 188 Å². The number of nitrogens with zero attached hydrogens (tertiary/aromatic N) is 2. The number of carbonyl (C=O) groups excluding carboxylic acids is 1. The molecule has 0 aliphatic carbocycles. The number of hydrazone groups is 1. The Balaban J connectivity index is 1.47. The van der Waals surface area contributed by atoms with Crippen molar-refractivity contribution >= 4 is 46.5 Å². The van der Waals surface area contributed by atoms with Crippen LogP contribution in [0.5, 0.6) is 5.75 Å². The molecule has 0 fully saturated rings. The van der Waals surface area contributed by atoms with Crippen molar-refractivity contribution in [3.63, 3.8) is 0 Å². The SMILES string of the molecule is O=C(CSc1[nH]c2ccccc2[n+]1Cc1ccccc1Cl)NN=Cc1ccccc1[O-]. The summed E-state index contributed by atoms with van der Waals surface area (Å²) in [5.74, 6) is -0.257. The fourth-order valence-electron chi connectivity index (χ4n) is 3.10. The number of aromatic nitrogens is 2. The van der Waals surface area contributed by atoms with Crippen molar-refractivity contribution in [2.45, 2.75) is 11.7 Å². The van der Waals surface area contributed by atoms with Gasteiger partial charge in [0.15, 0.2) is 11.0 Å². The van der Waals surface area contributed by atoms with E-state index in [4.69, 9.17) is 11.6 Å². The second-order valence-electron chi connectivity index (χ2n) is 6.74. The number of imidazole rings is 1. The molecular formula is C23H19ClN4O2S. The van der Waals surface area contributed by atoms with E-state index in [0.29, 0.717) is 17.1 Å². The predicted molar refractivity (Wildman–Crippen MR) is 121 cm³/mol. The molecule has 4 aromatic rings. The summed E-state index contributed by atoms with van der Waals surface area (Å²) < 4.78 is 2.10. The number of nitrogens with one attached hydrogen (secondary N) is 2. The highest BCUT2D eigenvalue weighted by molar-refractivity contribution is 7.99. The van der Waals surface area contributed by atoms with Crippen LogP contribution in [0.1, 0.15) is 11.1 Å². The lowest BCUT2D eigenvalue weighted by Crippen LogP contribution is -2.36. The first-order valence-electron chi connectivity index (χ1n) is 9.56. The Bertz CT molecular complexity index is 1260. The van der Waals surface area contributed by atoms with Gasteiger partial charge in [-0.3, -0.25) is 4.79 Å². The van der Waals surface area contributed by atoms with Crippen molar-refractivity contribution in [3.8, 4) is 5.75 Å². The highest BCUT2D eigenvalue weighted by atomic mass is 35.5. The van der Waals surface area contributed by atoms with Crippen LogP contribution in [-0.4, -0.2) is 22.9 Å². The van der Waals surface area contributed by atoms with Gasteiger partial charge in [-0.2, -0.15) is 5.10 Å². The van der Waals surface area contributed by atoms with E-state index >= 15 is 0 Å². The number of halogens is 1. The van der Waals surface area contributed by atoms with Gasteiger partial charge in [0.1, 0.15) is 6.54 Å². The van der Waals surface area contributed by atoms with Gasteiger partial charge < -0.3 is 5.11 Å². The Morgan fingerprint density at radius 3 is 2.68 bits per heavy atom. The predicted octanol–water partition coefficient (Wildman–Crippen LogP) is 3.47. The zero-order valence-corrected chi connectivity index (χ0v) is 18.0. The van der Waals surface area contributed by atoms with E-state index in [1.54, 1.807) is 18.2 Å². The number of fused-ring (bicyclic) bond motifs is 1. The maximum atomic E-state index is 12.3. The third-order valence-electron chi connectivity index (χ3n) is 4.62. The molecule has 0 unspecified atom stereocenters. The van der Waals surface area contributed by atoms with Gasteiger partial charge in [-0.1, -0.05) is 71.9 Å². The molecule has 2 N–H and O–H groups in total. The molecule has 31 heavy (non-hydrogen) atoms. The summed E-state index contributed by atoms with van der Waals surface area (Å²) in [6.45, 7) is 0.575. The quantitative estimate of drug-likeness (QED) is 0.196. The summed E-state index contributed by atoms with van der Waals surface area (Å²) in [6, 6.07) is 22.2. The standard InChI is InChI=1S/C23H19ClN4O2S/c24-18-9-3-1-8-17(18)14-28-20-11-5-4-10-19(20)26-23(28)31-15-22(30)27-25-13-16-7-2-6-12-21(16)29/h1-13H,14-15H2,(H2,25,27,29,30). The number of para-hydroxylation sites is 3. The molecule has 6 nitrogen and oxygen atoms in total. The van der Waals surface area contributed by atoms with Crippen LogP contribution >= 0.6 is 23.4 Å². The monoisotopic (exact) mass is 450 g/mol. The van der Waals surface area contributed by atoms with E-state index in [-0.39, 0.29) is 17.4 Å². The van der Waals surface area contributed by atoms with E-state index in [1.165, 1.54) is 24.0 Å². The summed E-state index contributed by atoms with van der Waals surface area (Å²) in [5, 5.41) is 17.1. The van der Waals surface area contributed by atoms with Gasteiger partial charge in [0.05, 0.1) is 12.0 Å². The van der Waals surface area contributed by atoms with Crippen molar-refractivity contribution in [3.05, 3.63) is 88.9 Å². The highest BCUT2D eigenvalue weighted by Gasteiger charge is 2.21. The molecule has 0 atom stereocenters. The number of hydrogen-bond acceptors (Lipinski definition) is 4. The van der Waals surface area contributed by atoms with E-state index in [0.717, 1.165) is 21.8 Å². The molecule has 0 bridgehead atoms. The molecule has 1 aromatic heterocycles. The van der Waals surface area contributed by atoms with Gasteiger partial charge >= 0.3 is 5.16 Å². The van der Waals surface area contributed by atoms with Gasteiger partial charge in [-0.25, -0.2) is 15.0 Å². The van der Waals surface area contributed by atoms with Crippen LogP contribution in [0.2, 0.25) is 5.02 Å². The minimum absolute atomic E-state index is 0.145. The smallest absolute Gasteiger partial charge is 0.317 e. The Hall–Kier alpha value is -3.29. The number of rotatable bonds is 7. The third kappa shape index (κ3) is 5.07. The Kier molecular flexibility index (Phi) is 6.54. The van der Waals surface area contributed by atoms with E-state index in [2.05, 4.69) is 20.1 Å². The zero-order chi connectivity index (χ0) is 21.6. The molecule has 8 heteroatoms. The molecule has 0 aliphatic rings. The molecule has 4 rings (SSSR count). The molecule has 0 radical (unpaired) electrons. The molecule has 0 aliphatic heterocycles. The maximum absolute atomic E-state index is 12.3. The van der Waals surface area contributed by atoms with Crippen LogP contribution in [0.4, 0.5) is 0 Å². The van der Waals surface area contributed by atoms with Crippen molar-refractivity contribution < 1.29 is 14.5 Å². The topological polar surface area (TPSA) is 84.2 Å². The average Bonchev–Trinajstić information content (AvgIpc) is 3.13. The minimum Gasteiger partial charge on any atom is -0.872 e. The van der Waals surface area contributed by atoms with Crippen molar-refractivity contribution in [1.82, 2.24) is 10.4 Å². The first kappa shape index (κ1) is 21.0. The second-order valence-corrected chi connectivity index (χ2v) is 8.12. The van der Waals surface area contributed by atoms with Gasteiger partial charge in [-0.05, 0) is 35.5 Å². The summed E-state index contributed by atoms with van der Waals surface area (Å²) >= 11 is 7.73. The van der Waals surface area contributed by atoms with Crippen LogP contribution in [0.3, 0.4) is 0 Å². The first-order chi connectivity index (χ1) is 15.1. The largest absolute Gasteiger partial charge is 0.872 e. The van der Waals surface area contributed by atoms with Crippen LogP contribution in [0.15, 0.2) is 83.1 Å². The molecule has 0 saturated carbocycles. The van der Waals surface area contributed by atoms with E-state index in [1.807, 2.05) is 48.5 Å². The highest BCUT2D eigenvalue weighted by Crippen LogP contribution is 2.21. The number of hydrogen-bond donors (Lipinski definition) is 2. The number of H-pyrrole nitrogens is 1. The molecule has 3 aromatic carbocycles. The number of benzene rings is 3.